The third kappa shape index (κ3) is 4.26. The lowest BCUT2D eigenvalue weighted by Gasteiger charge is -2.18. The third-order valence-corrected chi connectivity index (χ3v) is 4.90. The molecule has 1 aliphatic rings. The molecule has 2 amide bonds. The van der Waals surface area contributed by atoms with Gasteiger partial charge in [0, 0.05) is 11.4 Å². The van der Waals surface area contributed by atoms with Crippen molar-refractivity contribution in [3.05, 3.63) is 71.8 Å². The van der Waals surface area contributed by atoms with Crippen LogP contribution in [0.4, 0.5) is 11.4 Å². The van der Waals surface area contributed by atoms with Crippen molar-refractivity contribution in [2.75, 3.05) is 10.6 Å². The number of benzene rings is 2. The fourth-order valence-electron chi connectivity index (χ4n) is 3.53. The van der Waals surface area contributed by atoms with Crippen LogP contribution < -0.4 is 10.6 Å². The number of aliphatic hydroxyl groups is 1. The molecule has 27 heavy (non-hydrogen) atoms. The molecule has 0 aromatic heterocycles. The van der Waals surface area contributed by atoms with E-state index in [2.05, 4.69) is 31.1 Å². The van der Waals surface area contributed by atoms with Gasteiger partial charge in [-0.3, -0.25) is 9.59 Å². The number of amides is 2. The molecular formula is C22H24N2O3. The minimum Gasteiger partial charge on any atom is -0.388 e. The minimum atomic E-state index is -0.495. The first-order valence-electron chi connectivity index (χ1n) is 8.93. The van der Waals surface area contributed by atoms with Crippen molar-refractivity contribution in [3.63, 3.8) is 0 Å². The van der Waals surface area contributed by atoms with Crippen LogP contribution in [-0.2, 0) is 21.4 Å². The largest absolute Gasteiger partial charge is 0.388 e. The van der Waals surface area contributed by atoms with E-state index in [0.717, 1.165) is 16.7 Å². The van der Waals surface area contributed by atoms with E-state index in [0.29, 0.717) is 17.8 Å². The summed E-state index contributed by atoms with van der Waals surface area (Å²) >= 11 is 0. The molecule has 0 aliphatic heterocycles. The Balaban J connectivity index is 1.64. The summed E-state index contributed by atoms with van der Waals surface area (Å²) in [5.74, 6) is -0.410. The Labute approximate surface area is 159 Å². The highest BCUT2D eigenvalue weighted by molar-refractivity contribution is 5.99. The van der Waals surface area contributed by atoms with E-state index in [1.807, 2.05) is 18.2 Å². The van der Waals surface area contributed by atoms with Gasteiger partial charge in [-0.25, -0.2) is 0 Å². The summed E-state index contributed by atoms with van der Waals surface area (Å²) in [4.78, 5) is 23.6. The molecule has 140 valence electrons. The van der Waals surface area contributed by atoms with Crippen molar-refractivity contribution in [1.29, 1.82) is 0 Å². The predicted molar refractivity (Wildman–Crippen MR) is 107 cm³/mol. The first kappa shape index (κ1) is 18.9. The van der Waals surface area contributed by atoms with Gasteiger partial charge in [0.1, 0.15) is 0 Å². The number of carbonyl (C=O) groups is 2. The smallest absolute Gasteiger partial charge is 0.247 e. The number of hydrogen-bond donors (Lipinski definition) is 3. The molecule has 1 unspecified atom stereocenters. The predicted octanol–water partition coefficient (Wildman–Crippen LogP) is 3.71. The lowest BCUT2D eigenvalue weighted by atomic mass is 9.86. The summed E-state index contributed by atoms with van der Waals surface area (Å²) in [5.41, 5.74) is 4.14. The minimum absolute atomic E-state index is 0.0555. The Morgan fingerprint density at radius 3 is 2.48 bits per heavy atom. The van der Waals surface area contributed by atoms with Gasteiger partial charge in [-0.05, 0) is 58.9 Å². The molecule has 0 radical (unpaired) electrons. The molecule has 5 nitrogen and oxygen atoms in total. The molecule has 2 aromatic rings. The van der Waals surface area contributed by atoms with Gasteiger partial charge in [-0.2, -0.15) is 0 Å². The highest BCUT2D eigenvalue weighted by Crippen LogP contribution is 2.45. The van der Waals surface area contributed by atoms with E-state index < -0.39 is 6.10 Å². The Kier molecular flexibility index (Phi) is 5.15. The van der Waals surface area contributed by atoms with Gasteiger partial charge in [-0.1, -0.05) is 38.6 Å². The van der Waals surface area contributed by atoms with Gasteiger partial charge in [-0.15, -0.1) is 0 Å². The quantitative estimate of drug-likeness (QED) is 0.708. The van der Waals surface area contributed by atoms with Crippen LogP contribution in [0.3, 0.4) is 0 Å². The highest BCUT2D eigenvalue weighted by atomic mass is 16.3. The second-order valence-electron chi connectivity index (χ2n) is 7.52. The van der Waals surface area contributed by atoms with Gasteiger partial charge in [0.15, 0.2) is 0 Å². The van der Waals surface area contributed by atoms with Gasteiger partial charge in [0.05, 0.1) is 12.5 Å². The molecule has 2 aromatic carbocycles. The van der Waals surface area contributed by atoms with Gasteiger partial charge in [0.25, 0.3) is 0 Å². The van der Waals surface area contributed by atoms with Crippen LogP contribution in [0, 0.1) is 0 Å². The number of fused-ring (bicyclic) bond motifs is 1. The van der Waals surface area contributed by atoms with E-state index in [4.69, 9.17) is 0 Å². The lowest BCUT2D eigenvalue weighted by molar-refractivity contribution is -0.115. The second-order valence-corrected chi connectivity index (χ2v) is 7.52. The molecule has 1 atom stereocenters. The summed E-state index contributed by atoms with van der Waals surface area (Å²) in [6.07, 6.45) is 1.62. The van der Waals surface area contributed by atoms with Crippen LogP contribution in [0.1, 0.15) is 43.1 Å². The lowest BCUT2D eigenvalue weighted by Crippen LogP contribution is -2.15. The van der Waals surface area contributed by atoms with Crippen LogP contribution in [0.2, 0.25) is 0 Å². The molecule has 5 heteroatoms. The summed E-state index contributed by atoms with van der Waals surface area (Å²) in [6.45, 7) is 7.63. The zero-order valence-electron chi connectivity index (χ0n) is 15.6. The van der Waals surface area contributed by atoms with Crippen molar-refractivity contribution in [2.45, 2.75) is 38.2 Å². The summed E-state index contributed by atoms with van der Waals surface area (Å²) in [6, 6.07) is 12.8. The molecule has 3 N–H and O–H groups in total. The Morgan fingerprint density at radius 1 is 1.15 bits per heavy atom. The molecule has 0 saturated carbocycles. The molecule has 1 aliphatic carbocycles. The van der Waals surface area contributed by atoms with E-state index >= 15 is 0 Å². The number of nitrogens with one attached hydrogen (secondary N) is 2. The maximum Gasteiger partial charge on any atom is 0.247 e. The van der Waals surface area contributed by atoms with Gasteiger partial charge < -0.3 is 15.7 Å². The summed E-state index contributed by atoms with van der Waals surface area (Å²) in [7, 11) is 0. The second kappa shape index (κ2) is 7.37. The number of hydrogen-bond acceptors (Lipinski definition) is 3. The van der Waals surface area contributed by atoms with Crippen molar-refractivity contribution >= 4 is 23.2 Å². The fourth-order valence-corrected chi connectivity index (χ4v) is 3.53. The average molecular weight is 364 g/mol. The number of rotatable bonds is 5. The first-order chi connectivity index (χ1) is 12.8. The molecule has 0 fully saturated rings. The molecule has 0 spiro atoms. The molecule has 0 saturated heterocycles. The van der Waals surface area contributed by atoms with Crippen LogP contribution >= 0.6 is 0 Å². The fraction of sp³-hybridized carbons (Fsp3) is 0.273. The maximum atomic E-state index is 12.3. The molecular weight excluding hydrogens is 340 g/mol. The highest BCUT2D eigenvalue weighted by Gasteiger charge is 2.35. The summed E-state index contributed by atoms with van der Waals surface area (Å²) in [5, 5.41) is 15.8. The zero-order chi connectivity index (χ0) is 19.6. The number of aliphatic hydroxyl groups excluding tert-OH is 1. The van der Waals surface area contributed by atoms with Crippen LogP contribution in [0.15, 0.2) is 55.1 Å². The first-order valence-corrected chi connectivity index (χ1v) is 8.93. The monoisotopic (exact) mass is 364 g/mol. The topological polar surface area (TPSA) is 78.4 Å². The van der Waals surface area contributed by atoms with Crippen LogP contribution in [0.5, 0.6) is 0 Å². The molecule has 3 rings (SSSR count). The Bertz CT molecular complexity index is 885. The summed E-state index contributed by atoms with van der Waals surface area (Å²) < 4.78 is 0. The van der Waals surface area contributed by atoms with Crippen LogP contribution in [0.25, 0.3) is 0 Å². The van der Waals surface area contributed by atoms with Gasteiger partial charge >= 0.3 is 0 Å². The van der Waals surface area contributed by atoms with E-state index in [1.54, 1.807) is 24.3 Å². The average Bonchev–Trinajstić information content (AvgIpc) is 2.85. The normalized spacial score (nSPS) is 17.1. The zero-order valence-corrected chi connectivity index (χ0v) is 15.6. The SMILES string of the molecule is C=CC(=O)Nc1ccc(CC(=O)Nc2ccc3c(c2)C(O)CC3(C)C)cc1. The molecule has 0 heterocycles. The maximum absolute atomic E-state index is 12.3. The van der Waals surface area contributed by atoms with E-state index in [1.165, 1.54) is 6.08 Å². The van der Waals surface area contributed by atoms with Crippen molar-refractivity contribution in [1.82, 2.24) is 0 Å². The Hall–Kier alpha value is -2.92. The van der Waals surface area contributed by atoms with Crippen molar-refractivity contribution < 1.29 is 14.7 Å². The van der Waals surface area contributed by atoms with Crippen LogP contribution in [-0.4, -0.2) is 16.9 Å². The number of anilines is 2. The number of carbonyl (C=O) groups excluding carboxylic acids is 2. The molecule has 0 bridgehead atoms. The Morgan fingerprint density at radius 2 is 1.81 bits per heavy atom. The van der Waals surface area contributed by atoms with Crippen molar-refractivity contribution in [2.24, 2.45) is 0 Å². The van der Waals surface area contributed by atoms with E-state index in [-0.39, 0.29) is 23.7 Å². The third-order valence-electron chi connectivity index (χ3n) is 4.90. The van der Waals surface area contributed by atoms with E-state index in [9.17, 15) is 14.7 Å². The standard InChI is InChI=1S/C22H24N2O3/c1-4-20(26)23-15-7-5-14(6-8-15)11-21(27)24-16-9-10-18-17(12-16)19(25)13-22(18,2)3/h4-10,12,19,25H,1,11,13H2,2-3H3,(H,23,26)(H,24,27). The van der Waals surface area contributed by atoms with Crippen molar-refractivity contribution in [3.8, 4) is 0 Å². The van der Waals surface area contributed by atoms with Gasteiger partial charge in [0.2, 0.25) is 11.8 Å².